The summed E-state index contributed by atoms with van der Waals surface area (Å²) in [5.41, 5.74) is 1.90. The Labute approximate surface area is 166 Å². The first-order chi connectivity index (χ1) is 13.5. The minimum Gasteiger partial charge on any atom is -0.494 e. The molecule has 5 nitrogen and oxygen atoms in total. The highest BCUT2D eigenvalue weighted by molar-refractivity contribution is 5.92. The van der Waals surface area contributed by atoms with Crippen molar-refractivity contribution in [3.8, 4) is 5.75 Å². The van der Waals surface area contributed by atoms with E-state index in [0.29, 0.717) is 13.2 Å². The highest BCUT2D eigenvalue weighted by Gasteiger charge is 2.20. The van der Waals surface area contributed by atoms with E-state index < -0.39 is 5.92 Å². The molecule has 0 aliphatic carbocycles. The van der Waals surface area contributed by atoms with Crippen LogP contribution in [0.5, 0.6) is 5.75 Å². The van der Waals surface area contributed by atoms with Gasteiger partial charge in [0.25, 0.3) is 0 Å². The number of methoxy groups -OCH3 is 1. The largest absolute Gasteiger partial charge is 0.494 e. The smallest absolute Gasteiger partial charge is 0.310 e. The Hall–Kier alpha value is -3.08. The van der Waals surface area contributed by atoms with Crippen LogP contribution in [0.25, 0.3) is 6.08 Å². The van der Waals surface area contributed by atoms with Gasteiger partial charge in [0.15, 0.2) is 0 Å². The van der Waals surface area contributed by atoms with Gasteiger partial charge in [0.2, 0.25) is 5.91 Å². The average molecular weight is 381 g/mol. The summed E-state index contributed by atoms with van der Waals surface area (Å²) in [6.07, 6.45) is 3.29. The Balaban J connectivity index is 2.11. The molecule has 0 aromatic heterocycles. The fraction of sp³-hybridized carbons (Fsp3) is 0.304. The number of nitrogens with zero attached hydrogens (tertiary/aromatic N) is 1. The van der Waals surface area contributed by atoms with Crippen LogP contribution in [-0.2, 0) is 20.9 Å². The third-order valence-corrected chi connectivity index (χ3v) is 4.24. The van der Waals surface area contributed by atoms with E-state index in [0.717, 1.165) is 16.9 Å². The number of ether oxygens (including phenoxy) is 2. The molecule has 1 atom stereocenters. The van der Waals surface area contributed by atoms with Gasteiger partial charge in [0, 0.05) is 19.2 Å². The van der Waals surface area contributed by atoms with Crippen LogP contribution in [0.3, 0.4) is 0 Å². The number of hydrogen-bond acceptors (Lipinski definition) is 4. The van der Waals surface area contributed by atoms with E-state index in [2.05, 4.69) is 0 Å². The van der Waals surface area contributed by atoms with Gasteiger partial charge < -0.3 is 14.4 Å². The maximum absolute atomic E-state index is 12.8. The number of hydrogen-bond donors (Lipinski definition) is 0. The van der Waals surface area contributed by atoms with Gasteiger partial charge in [0.1, 0.15) is 5.75 Å². The lowest BCUT2D eigenvalue weighted by atomic mass is 10.1. The zero-order valence-electron chi connectivity index (χ0n) is 16.6. The molecule has 1 unspecified atom stereocenters. The van der Waals surface area contributed by atoms with Crippen molar-refractivity contribution >= 4 is 18.0 Å². The van der Waals surface area contributed by atoms with Gasteiger partial charge in [-0.3, -0.25) is 9.59 Å². The molecule has 0 radical (unpaired) electrons. The Kier molecular flexibility index (Phi) is 8.28. The summed E-state index contributed by atoms with van der Waals surface area (Å²) >= 11 is 0. The number of rotatable bonds is 9. The Bertz CT molecular complexity index is 784. The van der Waals surface area contributed by atoms with Crippen molar-refractivity contribution in [2.45, 2.75) is 20.4 Å². The number of benzene rings is 2. The lowest BCUT2D eigenvalue weighted by Gasteiger charge is -2.24. The number of esters is 1. The molecule has 2 aromatic carbocycles. The van der Waals surface area contributed by atoms with E-state index in [1.807, 2.05) is 61.5 Å². The van der Waals surface area contributed by atoms with Crippen molar-refractivity contribution in [3.05, 3.63) is 71.8 Å². The second-order valence-corrected chi connectivity index (χ2v) is 6.46. The Morgan fingerprint density at radius 1 is 1.07 bits per heavy atom. The van der Waals surface area contributed by atoms with Crippen LogP contribution >= 0.6 is 0 Å². The SMILES string of the molecule is CCOc1ccc(/C=C/C(=O)N(Cc2ccccc2)CC(C)C(=O)OC)cc1. The third-order valence-electron chi connectivity index (χ3n) is 4.24. The van der Waals surface area contributed by atoms with Crippen LogP contribution in [0, 0.1) is 5.92 Å². The molecule has 0 spiro atoms. The van der Waals surface area contributed by atoms with Crippen molar-refractivity contribution in [2.75, 3.05) is 20.3 Å². The van der Waals surface area contributed by atoms with Gasteiger partial charge in [-0.1, -0.05) is 49.4 Å². The van der Waals surface area contributed by atoms with Gasteiger partial charge in [0.05, 0.1) is 19.6 Å². The first-order valence-electron chi connectivity index (χ1n) is 9.35. The van der Waals surface area contributed by atoms with Crippen molar-refractivity contribution in [3.63, 3.8) is 0 Å². The zero-order valence-corrected chi connectivity index (χ0v) is 16.6. The molecule has 0 heterocycles. The van der Waals surface area contributed by atoms with Crippen molar-refractivity contribution in [2.24, 2.45) is 5.92 Å². The highest BCUT2D eigenvalue weighted by Crippen LogP contribution is 2.14. The number of carbonyl (C=O) groups is 2. The molecule has 0 aliphatic heterocycles. The van der Waals surface area contributed by atoms with Gasteiger partial charge in [-0.05, 0) is 36.3 Å². The summed E-state index contributed by atoms with van der Waals surface area (Å²) in [5, 5.41) is 0. The molecule has 0 saturated carbocycles. The van der Waals surface area contributed by atoms with Crippen LogP contribution in [0.15, 0.2) is 60.7 Å². The predicted molar refractivity (Wildman–Crippen MR) is 110 cm³/mol. The first kappa shape index (κ1) is 21.2. The lowest BCUT2D eigenvalue weighted by molar-refractivity contribution is -0.146. The normalized spacial score (nSPS) is 11.8. The van der Waals surface area contributed by atoms with Gasteiger partial charge in [-0.2, -0.15) is 0 Å². The Morgan fingerprint density at radius 3 is 2.36 bits per heavy atom. The Morgan fingerprint density at radius 2 is 1.75 bits per heavy atom. The van der Waals surface area contributed by atoms with Crippen molar-refractivity contribution in [1.29, 1.82) is 0 Å². The molecule has 148 valence electrons. The minimum absolute atomic E-state index is 0.159. The molecule has 0 aliphatic rings. The molecular weight excluding hydrogens is 354 g/mol. The fourth-order valence-corrected chi connectivity index (χ4v) is 2.76. The van der Waals surface area contributed by atoms with E-state index in [4.69, 9.17) is 9.47 Å². The second kappa shape index (κ2) is 10.9. The lowest BCUT2D eigenvalue weighted by Crippen LogP contribution is -2.35. The first-order valence-corrected chi connectivity index (χ1v) is 9.35. The molecule has 5 heteroatoms. The number of amides is 1. The van der Waals surface area contributed by atoms with Gasteiger partial charge >= 0.3 is 5.97 Å². The van der Waals surface area contributed by atoms with E-state index >= 15 is 0 Å². The third kappa shape index (κ3) is 6.58. The average Bonchev–Trinajstić information content (AvgIpc) is 2.72. The molecule has 2 aromatic rings. The van der Waals surface area contributed by atoms with Crippen LogP contribution in [-0.4, -0.2) is 37.0 Å². The minimum atomic E-state index is -0.406. The summed E-state index contributed by atoms with van der Waals surface area (Å²) in [7, 11) is 1.36. The highest BCUT2D eigenvalue weighted by atomic mass is 16.5. The second-order valence-electron chi connectivity index (χ2n) is 6.46. The van der Waals surface area contributed by atoms with Crippen LogP contribution in [0.2, 0.25) is 0 Å². The van der Waals surface area contributed by atoms with Crippen molar-refractivity contribution in [1.82, 2.24) is 4.90 Å². The quantitative estimate of drug-likeness (QED) is 0.488. The molecule has 0 N–H and O–H groups in total. The fourth-order valence-electron chi connectivity index (χ4n) is 2.76. The van der Waals surface area contributed by atoms with Crippen LogP contribution in [0.4, 0.5) is 0 Å². The van der Waals surface area contributed by atoms with Crippen LogP contribution < -0.4 is 4.74 Å². The predicted octanol–water partition coefficient (Wildman–Crippen LogP) is 3.94. The maximum Gasteiger partial charge on any atom is 0.310 e. The van der Waals surface area contributed by atoms with Gasteiger partial charge in [-0.25, -0.2) is 0 Å². The van der Waals surface area contributed by atoms with Crippen molar-refractivity contribution < 1.29 is 19.1 Å². The van der Waals surface area contributed by atoms with Gasteiger partial charge in [-0.15, -0.1) is 0 Å². The van der Waals surface area contributed by atoms with E-state index in [-0.39, 0.29) is 18.4 Å². The molecule has 1 amide bonds. The molecule has 2 rings (SSSR count). The molecule has 0 fully saturated rings. The monoisotopic (exact) mass is 381 g/mol. The molecule has 0 saturated heterocycles. The summed E-state index contributed by atoms with van der Waals surface area (Å²) in [4.78, 5) is 26.3. The van der Waals surface area contributed by atoms with Crippen LogP contribution in [0.1, 0.15) is 25.0 Å². The van der Waals surface area contributed by atoms with E-state index in [9.17, 15) is 9.59 Å². The molecular formula is C23H27NO4. The summed E-state index contributed by atoms with van der Waals surface area (Å²) in [6.45, 7) is 5.01. The standard InChI is InChI=1S/C23H27NO4/c1-4-28-21-13-10-19(11-14-21)12-15-22(25)24(16-18(2)23(26)27-3)17-20-8-6-5-7-9-20/h5-15,18H,4,16-17H2,1-3H3/b15-12+. The topological polar surface area (TPSA) is 55.8 Å². The zero-order chi connectivity index (χ0) is 20.4. The summed E-state index contributed by atoms with van der Waals surface area (Å²) < 4.78 is 10.2. The molecule has 0 bridgehead atoms. The maximum atomic E-state index is 12.8. The van der Waals surface area contributed by atoms with E-state index in [1.165, 1.54) is 13.2 Å². The van der Waals surface area contributed by atoms with E-state index in [1.54, 1.807) is 17.9 Å². The number of carbonyl (C=O) groups excluding carboxylic acids is 2. The summed E-state index contributed by atoms with van der Waals surface area (Å²) in [6, 6.07) is 17.2. The molecule has 28 heavy (non-hydrogen) atoms. The summed E-state index contributed by atoms with van der Waals surface area (Å²) in [5.74, 6) is -0.102.